The van der Waals surface area contributed by atoms with Crippen LogP contribution in [0.4, 0.5) is 4.79 Å². The molecule has 5 heteroatoms. The molecule has 0 aromatic heterocycles. The van der Waals surface area contributed by atoms with Gasteiger partial charge in [-0.3, -0.25) is 0 Å². The topological polar surface area (TPSA) is 75.6 Å². The fraction of sp³-hybridized carbons (Fsp3) is 0.375. The third kappa shape index (κ3) is 6.12. The van der Waals surface area contributed by atoms with Crippen LogP contribution >= 0.6 is 0 Å². The van der Waals surface area contributed by atoms with Crippen LogP contribution in [0.5, 0.6) is 0 Å². The van der Waals surface area contributed by atoms with Crippen molar-refractivity contribution in [2.45, 2.75) is 32.9 Å². The Balaban J connectivity index is 2.49. The number of amides is 1. The van der Waals surface area contributed by atoms with Gasteiger partial charge < -0.3 is 15.2 Å². The van der Waals surface area contributed by atoms with Crippen LogP contribution in [0.2, 0.25) is 0 Å². The summed E-state index contributed by atoms with van der Waals surface area (Å²) in [6.45, 7) is 7.46. The van der Waals surface area contributed by atoms with Gasteiger partial charge in [0.15, 0.2) is 0 Å². The van der Waals surface area contributed by atoms with E-state index in [1.165, 1.54) is 0 Å². The zero-order valence-corrected chi connectivity index (χ0v) is 12.3. The summed E-state index contributed by atoms with van der Waals surface area (Å²) in [7, 11) is 0. The maximum Gasteiger partial charge on any atom is 0.407 e. The number of rotatable bonds is 7. The number of hydrogen-bond donors (Lipinski definition) is 2. The van der Waals surface area contributed by atoms with E-state index in [1.807, 2.05) is 44.2 Å². The Hall–Kier alpha value is -2.30. The molecule has 1 rings (SSSR count). The Morgan fingerprint density at radius 1 is 1.29 bits per heavy atom. The minimum Gasteiger partial charge on any atom is -0.478 e. The Morgan fingerprint density at radius 3 is 2.43 bits per heavy atom. The maximum absolute atomic E-state index is 11.8. The van der Waals surface area contributed by atoms with Crippen LogP contribution < -0.4 is 5.32 Å². The molecule has 0 bridgehead atoms. The van der Waals surface area contributed by atoms with Gasteiger partial charge in [0, 0.05) is 11.6 Å². The van der Waals surface area contributed by atoms with E-state index in [0.717, 1.165) is 5.56 Å². The van der Waals surface area contributed by atoms with Gasteiger partial charge in [-0.15, -0.1) is 0 Å². The minimum absolute atomic E-state index is 0.0667. The van der Waals surface area contributed by atoms with Crippen molar-refractivity contribution < 1.29 is 19.4 Å². The monoisotopic (exact) mass is 291 g/mol. The zero-order chi connectivity index (χ0) is 15.8. The van der Waals surface area contributed by atoms with Crippen LogP contribution in [-0.4, -0.2) is 23.2 Å². The second-order valence-electron chi connectivity index (χ2n) is 5.17. The number of carbonyl (C=O) groups excluding carboxylic acids is 1. The number of carboxylic acids is 1. The standard InChI is InChI=1S/C16H21NO4/c1-11(2)14(9-12(3)15(18)19)17-16(20)21-10-13-7-5-4-6-8-13/h4-8,11,14H,3,9-10H2,1-2H3,(H,17,20)(H,18,19)/t14-/m0/s1. The number of nitrogens with one attached hydrogen (secondary N) is 1. The fourth-order valence-corrected chi connectivity index (χ4v) is 1.72. The molecule has 0 fully saturated rings. The Morgan fingerprint density at radius 2 is 1.90 bits per heavy atom. The Bertz CT molecular complexity index is 496. The summed E-state index contributed by atoms with van der Waals surface area (Å²) in [6, 6.07) is 9.01. The molecule has 1 aromatic carbocycles. The molecule has 0 spiro atoms. The van der Waals surface area contributed by atoms with Gasteiger partial charge in [-0.05, 0) is 17.9 Å². The molecule has 0 heterocycles. The summed E-state index contributed by atoms with van der Waals surface area (Å²) < 4.78 is 5.12. The number of carbonyl (C=O) groups is 2. The van der Waals surface area contributed by atoms with Crippen molar-refractivity contribution in [1.82, 2.24) is 5.32 Å². The molecule has 1 atom stereocenters. The SMILES string of the molecule is C=C(C[C@H](NC(=O)OCc1ccccc1)C(C)C)C(=O)O. The normalized spacial score (nSPS) is 11.8. The summed E-state index contributed by atoms with van der Waals surface area (Å²) >= 11 is 0. The van der Waals surface area contributed by atoms with Gasteiger partial charge in [0.05, 0.1) is 0 Å². The molecule has 0 saturated carbocycles. The third-order valence-corrected chi connectivity index (χ3v) is 3.09. The van der Waals surface area contributed by atoms with Gasteiger partial charge in [-0.2, -0.15) is 0 Å². The number of aliphatic carboxylic acids is 1. The quantitative estimate of drug-likeness (QED) is 0.757. The molecule has 21 heavy (non-hydrogen) atoms. The lowest BCUT2D eigenvalue weighted by Gasteiger charge is -2.22. The fourth-order valence-electron chi connectivity index (χ4n) is 1.72. The van der Waals surface area contributed by atoms with E-state index in [1.54, 1.807) is 0 Å². The highest BCUT2D eigenvalue weighted by Gasteiger charge is 2.20. The lowest BCUT2D eigenvalue weighted by molar-refractivity contribution is -0.132. The van der Waals surface area contributed by atoms with Crippen molar-refractivity contribution in [3.8, 4) is 0 Å². The third-order valence-electron chi connectivity index (χ3n) is 3.09. The van der Waals surface area contributed by atoms with Crippen molar-refractivity contribution in [3.05, 3.63) is 48.0 Å². The summed E-state index contributed by atoms with van der Waals surface area (Å²) in [5.41, 5.74) is 0.959. The lowest BCUT2D eigenvalue weighted by Crippen LogP contribution is -2.39. The first-order valence-electron chi connectivity index (χ1n) is 6.78. The highest BCUT2D eigenvalue weighted by Crippen LogP contribution is 2.12. The van der Waals surface area contributed by atoms with Gasteiger partial charge in [-0.1, -0.05) is 50.8 Å². The molecule has 2 N–H and O–H groups in total. The zero-order valence-electron chi connectivity index (χ0n) is 12.3. The number of alkyl carbamates (subject to hydrolysis) is 1. The largest absolute Gasteiger partial charge is 0.478 e. The number of benzene rings is 1. The first-order chi connectivity index (χ1) is 9.90. The van der Waals surface area contributed by atoms with Crippen LogP contribution in [0.1, 0.15) is 25.8 Å². The van der Waals surface area contributed by atoms with Gasteiger partial charge >= 0.3 is 12.1 Å². The number of hydrogen-bond acceptors (Lipinski definition) is 3. The van der Waals surface area contributed by atoms with Crippen LogP contribution in [0.25, 0.3) is 0 Å². The van der Waals surface area contributed by atoms with Crippen molar-refractivity contribution in [2.24, 2.45) is 5.92 Å². The van der Waals surface area contributed by atoms with Gasteiger partial charge in [0.25, 0.3) is 0 Å². The van der Waals surface area contributed by atoms with Crippen molar-refractivity contribution in [2.75, 3.05) is 0 Å². The molecule has 0 aliphatic carbocycles. The molecule has 0 radical (unpaired) electrons. The van der Waals surface area contributed by atoms with E-state index >= 15 is 0 Å². The molecule has 0 unspecified atom stereocenters. The molecular weight excluding hydrogens is 270 g/mol. The minimum atomic E-state index is -1.06. The number of carboxylic acid groups (broad SMARTS) is 1. The molecule has 0 aliphatic heterocycles. The van der Waals surface area contributed by atoms with Crippen molar-refractivity contribution in [1.29, 1.82) is 0 Å². The van der Waals surface area contributed by atoms with Crippen LogP contribution in [0.3, 0.4) is 0 Å². The van der Waals surface area contributed by atoms with E-state index in [0.29, 0.717) is 0 Å². The predicted octanol–water partition coefficient (Wildman–Crippen LogP) is 2.97. The maximum atomic E-state index is 11.8. The second-order valence-corrected chi connectivity index (χ2v) is 5.17. The van der Waals surface area contributed by atoms with Gasteiger partial charge in [-0.25, -0.2) is 9.59 Å². The first kappa shape index (κ1) is 16.8. The Kier molecular flexibility index (Phi) is 6.46. The summed E-state index contributed by atoms with van der Waals surface area (Å²) in [4.78, 5) is 22.6. The Labute approximate surface area is 124 Å². The summed E-state index contributed by atoms with van der Waals surface area (Å²) in [5, 5.41) is 11.5. The highest BCUT2D eigenvalue weighted by molar-refractivity contribution is 5.85. The molecule has 5 nitrogen and oxygen atoms in total. The second kappa shape index (κ2) is 8.09. The van der Waals surface area contributed by atoms with Crippen LogP contribution in [-0.2, 0) is 16.1 Å². The summed E-state index contributed by atoms with van der Waals surface area (Å²) in [5.74, 6) is -0.981. The van der Waals surface area contributed by atoms with Gasteiger partial charge in [0.1, 0.15) is 6.61 Å². The molecule has 0 saturated heterocycles. The average Bonchev–Trinajstić information content (AvgIpc) is 2.45. The molecule has 0 aliphatic rings. The van der Waals surface area contributed by atoms with E-state index in [9.17, 15) is 9.59 Å². The van der Waals surface area contributed by atoms with Crippen LogP contribution in [0.15, 0.2) is 42.5 Å². The van der Waals surface area contributed by atoms with E-state index in [-0.39, 0.29) is 30.6 Å². The van der Waals surface area contributed by atoms with Crippen LogP contribution in [0, 0.1) is 5.92 Å². The molecule has 1 aromatic rings. The molecule has 1 amide bonds. The van der Waals surface area contributed by atoms with Gasteiger partial charge in [0.2, 0.25) is 0 Å². The van der Waals surface area contributed by atoms with E-state index < -0.39 is 12.1 Å². The average molecular weight is 291 g/mol. The molecular formula is C16H21NO4. The van der Waals surface area contributed by atoms with E-state index in [2.05, 4.69) is 11.9 Å². The number of ether oxygens (including phenoxy) is 1. The lowest BCUT2D eigenvalue weighted by atomic mass is 9.97. The highest BCUT2D eigenvalue weighted by atomic mass is 16.5. The predicted molar refractivity (Wildman–Crippen MR) is 79.8 cm³/mol. The smallest absolute Gasteiger partial charge is 0.407 e. The summed E-state index contributed by atoms with van der Waals surface area (Å²) in [6.07, 6.45) is -0.372. The first-order valence-corrected chi connectivity index (χ1v) is 6.78. The van der Waals surface area contributed by atoms with Crippen molar-refractivity contribution in [3.63, 3.8) is 0 Å². The van der Waals surface area contributed by atoms with Crippen molar-refractivity contribution >= 4 is 12.1 Å². The van der Waals surface area contributed by atoms with E-state index in [4.69, 9.17) is 9.84 Å². The molecule has 114 valence electrons.